The van der Waals surface area contributed by atoms with Crippen molar-refractivity contribution in [3.8, 4) is 5.75 Å². The molecule has 11 nitrogen and oxygen atoms in total. The number of rotatable bonds is 8. The van der Waals surface area contributed by atoms with Gasteiger partial charge in [0, 0.05) is 17.8 Å². The van der Waals surface area contributed by atoms with Gasteiger partial charge in [-0.1, -0.05) is 12.1 Å². The van der Waals surface area contributed by atoms with Gasteiger partial charge in [-0.25, -0.2) is 5.43 Å². The standard InChI is InChI=1S/C24H21N5O6/c1-2-35-19-13-9-17(10-14-19)26-22(30)20-5-3-4-6-21(20)27-23(31)24(32)28-25-15-16-7-11-18(12-8-16)29(33)34/h3-15H,2H2,1H3,(H,26,30)(H,27,31)(H,28,32)/b25-15-. The summed E-state index contributed by atoms with van der Waals surface area (Å²) in [5.74, 6) is -1.92. The van der Waals surface area contributed by atoms with Crippen LogP contribution in [0.25, 0.3) is 0 Å². The molecule has 0 aliphatic rings. The summed E-state index contributed by atoms with van der Waals surface area (Å²) < 4.78 is 5.37. The Morgan fingerprint density at radius 3 is 2.29 bits per heavy atom. The first kappa shape index (κ1) is 24.6. The molecule has 0 aliphatic carbocycles. The number of nitro benzene ring substituents is 1. The van der Waals surface area contributed by atoms with Gasteiger partial charge in [0.2, 0.25) is 0 Å². The number of nitrogens with zero attached hydrogens (tertiary/aromatic N) is 2. The number of ether oxygens (including phenoxy) is 1. The highest BCUT2D eigenvalue weighted by Crippen LogP contribution is 2.20. The Morgan fingerprint density at radius 1 is 0.943 bits per heavy atom. The molecule has 178 valence electrons. The van der Waals surface area contributed by atoms with Crippen molar-refractivity contribution in [2.24, 2.45) is 5.10 Å². The van der Waals surface area contributed by atoms with Crippen molar-refractivity contribution in [2.75, 3.05) is 17.2 Å². The van der Waals surface area contributed by atoms with E-state index in [9.17, 15) is 24.5 Å². The fraction of sp³-hybridized carbons (Fsp3) is 0.0833. The van der Waals surface area contributed by atoms with Crippen LogP contribution in [0.1, 0.15) is 22.8 Å². The fourth-order valence-corrected chi connectivity index (χ4v) is 2.87. The van der Waals surface area contributed by atoms with Gasteiger partial charge in [0.05, 0.1) is 29.0 Å². The Kier molecular flexibility index (Phi) is 8.22. The molecule has 0 heterocycles. The highest BCUT2D eigenvalue weighted by molar-refractivity contribution is 6.40. The van der Waals surface area contributed by atoms with E-state index in [4.69, 9.17) is 4.74 Å². The molecule has 0 aliphatic heterocycles. The SMILES string of the molecule is CCOc1ccc(NC(=O)c2ccccc2NC(=O)C(=O)N/N=C\c2ccc([N+](=O)[O-])cc2)cc1. The quantitative estimate of drug-likeness (QED) is 0.197. The first-order valence-electron chi connectivity index (χ1n) is 10.4. The third-order valence-corrected chi connectivity index (χ3v) is 4.53. The van der Waals surface area contributed by atoms with Crippen LogP contribution in [-0.2, 0) is 9.59 Å². The molecule has 0 fully saturated rings. The zero-order chi connectivity index (χ0) is 25.2. The number of benzene rings is 3. The van der Waals surface area contributed by atoms with Crippen LogP contribution >= 0.6 is 0 Å². The second-order valence-electron chi connectivity index (χ2n) is 6.96. The maximum atomic E-state index is 12.7. The van der Waals surface area contributed by atoms with Crippen LogP contribution in [0.2, 0.25) is 0 Å². The minimum absolute atomic E-state index is 0.0872. The smallest absolute Gasteiger partial charge is 0.329 e. The lowest BCUT2D eigenvalue weighted by molar-refractivity contribution is -0.384. The van der Waals surface area contributed by atoms with E-state index in [1.54, 1.807) is 36.4 Å². The molecule has 0 bridgehead atoms. The lowest BCUT2D eigenvalue weighted by Gasteiger charge is -2.11. The predicted molar refractivity (Wildman–Crippen MR) is 129 cm³/mol. The summed E-state index contributed by atoms with van der Waals surface area (Å²) >= 11 is 0. The molecule has 0 radical (unpaired) electrons. The second-order valence-corrected chi connectivity index (χ2v) is 6.96. The van der Waals surface area contributed by atoms with E-state index < -0.39 is 22.6 Å². The number of para-hydroxylation sites is 1. The van der Waals surface area contributed by atoms with Crippen LogP contribution in [0, 0.1) is 10.1 Å². The van der Waals surface area contributed by atoms with Gasteiger partial charge in [-0.05, 0) is 61.0 Å². The molecule has 3 rings (SSSR count). The van der Waals surface area contributed by atoms with E-state index >= 15 is 0 Å². The Balaban J connectivity index is 1.60. The average molecular weight is 475 g/mol. The first-order valence-corrected chi connectivity index (χ1v) is 10.4. The molecule has 0 saturated carbocycles. The minimum Gasteiger partial charge on any atom is -0.494 e. The number of amides is 3. The van der Waals surface area contributed by atoms with E-state index in [1.165, 1.54) is 42.6 Å². The molecule has 3 aromatic rings. The third kappa shape index (κ3) is 6.96. The molecular formula is C24H21N5O6. The van der Waals surface area contributed by atoms with Crippen LogP contribution in [-0.4, -0.2) is 35.5 Å². The molecular weight excluding hydrogens is 454 g/mol. The molecule has 11 heteroatoms. The molecule has 3 amide bonds. The van der Waals surface area contributed by atoms with Crippen LogP contribution in [0.5, 0.6) is 5.75 Å². The van der Waals surface area contributed by atoms with E-state index in [-0.39, 0.29) is 16.9 Å². The molecule has 35 heavy (non-hydrogen) atoms. The van der Waals surface area contributed by atoms with Crippen LogP contribution in [0.15, 0.2) is 77.9 Å². The van der Waals surface area contributed by atoms with Gasteiger partial charge in [0.1, 0.15) is 5.75 Å². The fourth-order valence-electron chi connectivity index (χ4n) is 2.87. The largest absolute Gasteiger partial charge is 0.494 e. The minimum atomic E-state index is -1.06. The molecule has 0 aromatic heterocycles. The number of nitro groups is 1. The molecule has 3 N–H and O–H groups in total. The zero-order valence-corrected chi connectivity index (χ0v) is 18.6. The number of carbonyl (C=O) groups excluding carboxylic acids is 3. The first-order chi connectivity index (χ1) is 16.9. The van der Waals surface area contributed by atoms with Crippen molar-refractivity contribution in [1.29, 1.82) is 0 Å². The van der Waals surface area contributed by atoms with Crippen molar-refractivity contribution in [3.05, 3.63) is 94.0 Å². The normalized spacial score (nSPS) is 10.4. The summed E-state index contributed by atoms with van der Waals surface area (Å²) in [6.45, 7) is 2.39. The van der Waals surface area contributed by atoms with Gasteiger partial charge in [0.25, 0.3) is 11.6 Å². The summed E-state index contributed by atoms with van der Waals surface area (Å²) in [6, 6.07) is 18.5. The number of carbonyl (C=O) groups is 3. The average Bonchev–Trinajstić information content (AvgIpc) is 2.86. The Bertz CT molecular complexity index is 1260. The summed E-state index contributed by atoms with van der Waals surface area (Å²) in [6.07, 6.45) is 1.23. The van der Waals surface area contributed by atoms with Crippen molar-refractivity contribution in [2.45, 2.75) is 6.92 Å². The zero-order valence-electron chi connectivity index (χ0n) is 18.6. The van der Waals surface area contributed by atoms with Crippen molar-refractivity contribution >= 4 is 41.0 Å². The van der Waals surface area contributed by atoms with Gasteiger partial charge in [-0.2, -0.15) is 5.10 Å². The van der Waals surface area contributed by atoms with E-state index in [0.717, 1.165) is 0 Å². The van der Waals surface area contributed by atoms with Gasteiger partial charge in [0.15, 0.2) is 0 Å². The monoisotopic (exact) mass is 475 g/mol. The summed E-state index contributed by atoms with van der Waals surface area (Å²) in [4.78, 5) is 47.3. The summed E-state index contributed by atoms with van der Waals surface area (Å²) in [5, 5.41) is 19.5. The maximum Gasteiger partial charge on any atom is 0.329 e. The Hall–Kier alpha value is -5.06. The van der Waals surface area contributed by atoms with Gasteiger partial charge in [-0.3, -0.25) is 24.5 Å². The molecule has 0 saturated heterocycles. The number of nitrogens with one attached hydrogen (secondary N) is 3. The van der Waals surface area contributed by atoms with Gasteiger partial charge < -0.3 is 15.4 Å². The molecule has 3 aromatic carbocycles. The van der Waals surface area contributed by atoms with E-state index in [2.05, 4.69) is 21.2 Å². The lowest BCUT2D eigenvalue weighted by Crippen LogP contribution is -2.33. The maximum absolute atomic E-state index is 12.7. The van der Waals surface area contributed by atoms with Crippen LogP contribution in [0.3, 0.4) is 0 Å². The number of hydrogen-bond acceptors (Lipinski definition) is 7. The number of hydrazone groups is 1. The third-order valence-electron chi connectivity index (χ3n) is 4.53. The number of anilines is 2. The summed E-state index contributed by atoms with van der Waals surface area (Å²) in [7, 11) is 0. The highest BCUT2D eigenvalue weighted by atomic mass is 16.6. The van der Waals surface area contributed by atoms with Crippen molar-refractivity contribution in [1.82, 2.24) is 5.43 Å². The summed E-state index contributed by atoms with van der Waals surface area (Å²) in [5.41, 5.74) is 3.27. The lowest BCUT2D eigenvalue weighted by atomic mass is 10.1. The molecule has 0 spiro atoms. The Labute approximate surface area is 200 Å². The van der Waals surface area contributed by atoms with Gasteiger partial charge in [-0.15, -0.1) is 0 Å². The predicted octanol–water partition coefficient (Wildman–Crippen LogP) is 3.33. The van der Waals surface area contributed by atoms with Crippen LogP contribution < -0.4 is 20.8 Å². The van der Waals surface area contributed by atoms with Gasteiger partial charge >= 0.3 is 11.8 Å². The van der Waals surface area contributed by atoms with E-state index in [0.29, 0.717) is 23.6 Å². The highest BCUT2D eigenvalue weighted by Gasteiger charge is 2.18. The van der Waals surface area contributed by atoms with E-state index in [1.807, 2.05) is 6.92 Å². The number of hydrogen-bond donors (Lipinski definition) is 3. The van der Waals surface area contributed by atoms with Crippen LogP contribution in [0.4, 0.5) is 17.1 Å². The Morgan fingerprint density at radius 2 is 1.63 bits per heavy atom. The van der Waals surface area contributed by atoms with Crippen molar-refractivity contribution in [3.63, 3.8) is 0 Å². The molecule has 0 unspecified atom stereocenters. The molecule has 0 atom stereocenters. The topological polar surface area (TPSA) is 152 Å². The number of non-ortho nitro benzene ring substituents is 1. The second kappa shape index (κ2) is 11.7. The van der Waals surface area contributed by atoms with Crippen molar-refractivity contribution < 1.29 is 24.0 Å².